The highest BCUT2D eigenvalue weighted by molar-refractivity contribution is 6.00. The normalized spacial score (nSPS) is 17.0. The fourth-order valence-corrected chi connectivity index (χ4v) is 2.96. The average molecular weight is 345 g/mol. The van der Waals surface area contributed by atoms with E-state index in [0.29, 0.717) is 6.54 Å². The van der Waals surface area contributed by atoms with Gasteiger partial charge in [-0.2, -0.15) is 0 Å². The number of benzene rings is 1. The van der Waals surface area contributed by atoms with Crippen LogP contribution in [0.2, 0.25) is 0 Å². The lowest BCUT2D eigenvalue weighted by molar-refractivity contribution is -0.135. The molecule has 0 unspecified atom stereocenters. The van der Waals surface area contributed by atoms with Crippen LogP contribution >= 0.6 is 0 Å². The number of carbonyl (C=O) groups is 2. The maximum absolute atomic E-state index is 13.9. The number of hydrogen-bond acceptors (Lipinski definition) is 3. The minimum atomic E-state index is -0.815. The van der Waals surface area contributed by atoms with Crippen molar-refractivity contribution < 1.29 is 18.4 Å². The van der Waals surface area contributed by atoms with Gasteiger partial charge in [0.15, 0.2) is 0 Å². The van der Waals surface area contributed by atoms with Gasteiger partial charge in [-0.3, -0.25) is 14.6 Å². The van der Waals surface area contributed by atoms with E-state index in [4.69, 9.17) is 0 Å². The largest absolute Gasteiger partial charge is 0.341 e. The molecule has 1 atom stereocenters. The summed E-state index contributed by atoms with van der Waals surface area (Å²) in [6.45, 7) is 0.458. The van der Waals surface area contributed by atoms with Gasteiger partial charge in [0.2, 0.25) is 11.8 Å². The number of aromatic nitrogens is 1. The molecule has 3 rings (SSSR count). The van der Waals surface area contributed by atoms with Crippen LogP contribution in [0.15, 0.2) is 42.7 Å². The number of halogens is 2. The number of nitrogens with zero attached hydrogens (tertiary/aromatic N) is 3. The molecule has 0 radical (unpaired) electrons. The number of hydrogen-bond donors (Lipinski definition) is 0. The van der Waals surface area contributed by atoms with E-state index in [-0.39, 0.29) is 30.5 Å². The summed E-state index contributed by atoms with van der Waals surface area (Å²) < 4.78 is 27.0. The molecule has 2 amide bonds. The van der Waals surface area contributed by atoms with E-state index in [0.717, 1.165) is 17.7 Å². The number of anilines is 1. The number of rotatable bonds is 4. The molecule has 1 saturated heterocycles. The molecule has 25 heavy (non-hydrogen) atoms. The second kappa shape index (κ2) is 6.96. The van der Waals surface area contributed by atoms with E-state index in [1.54, 1.807) is 25.5 Å². The first-order valence-corrected chi connectivity index (χ1v) is 7.85. The van der Waals surface area contributed by atoms with Gasteiger partial charge in [0.25, 0.3) is 0 Å². The van der Waals surface area contributed by atoms with Crippen molar-refractivity contribution in [3.63, 3.8) is 0 Å². The molecule has 1 aliphatic rings. The molecule has 1 fully saturated rings. The molecular weight excluding hydrogens is 328 g/mol. The van der Waals surface area contributed by atoms with E-state index < -0.39 is 17.6 Å². The van der Waals surface area contributed by atoms with E-state index in [1.807, 2.05) is 6.07 Å². The van der Waals surface area contributed by atoms with Crippen LogP contribution in [0.5, 0.6) is 0 Å². The fraction of sp³-hybridized carbons (Fsp3) is 0.278. The zero-order chi connectivity index (χ0) is 18.0. The SMILES string of the molecule is CN(Cc1cccnc1)C(=O)[C@@H]1CC(=O)N(c2ccc(F)cc2F)C1. The summed E-state index contributed by atoms with van der Waals surface area (Å²) in [4.78, 5) is 31.5. The first kappa shape index (κ1) is 17.0. The van der Waals surface area contributed by atoms with Gasteiger partial charge in [-0.15, -0.1) is 0 Å². The summed E-state index contributed by atoms with van der Waals surface area (Å²) in [5.74, 6) is -2.62. The highest BCUT2D eigenvalue weighted by Crippen LogP contribution is 2.28. The number of pyridine rings is 1. The van der Waals surface area contributed by atoms with E-state index in [9.17, 15) is 18.4 Å². The third kappa shape index (κ3) is 3.65. The molecule has 130 valence electrons. The molecule has 1 aliphatic heterocycles. The van der Waals surface area contributed by atoms with E-state index in [1.165, 1.54) is 15.9 Å². The molecule has 2 aromatic rings. The second-order valence-corrected chi connectivity index (χ2v) is 6.06. The van der Waals surface area contributed by atoms with Crippen molar-refractivity contribution in [3.05, 3.63) is 59.9 Å². The summed E-state index contributed by atoms with van der Waals surface area (Å²) >= 11 is 0. The van der Waals surface area contributed by atoms with Crippen LogP contribution in [0.3, 0.4) is 0 Å². The van der Waals surface area contributed by atoms with Gasteiger partial charge in [-0.05, 0) is 23.8 Å². The Morgan fingerprint density at radius 3 is 2.84 bits per heavy atom. The van der Waals surface area contributed by atoms with Gasteiger partial charge >= 0.3 is 0 Å². The van der Waals surface area contributed by atoms with Crippen LogP contribution in [-0.4, -0.2) is 35.3 Å². The third-order valence-corrected chi connectivity index (χ3v) is 4.19. The van der Waals surface area contributed by atoms with Crippen molar-refractivity contribution in [2.75, 3.05) is 18.5 Å². The van der Waals surface area contributed by atoms with Crippen LogP contribution in [0.4, 0.5) is 14.5 Å². The van der Waals surface area contributed by atoms with Crippen molar-refractivity contribution in [1.29, 1.82) is 0 Å². The van der Waals surface area contributed by atoms with Gasteiger partial charge in [-0.25, -0.2) is 8.78 Å². The molecule has 5 nitrogen and oxygen atoms in total. The van der Waals surface area contributed by atoms with Crippen LogP contribution in [0, 0.1) is 17.6 Å². The van der Waals surface area contributed by atoms with Crippen molar-refractivity contribution in [2.45, 2.75) is 13.0 Å². The van der Waals surface area contributed by atoms with E-state index in [2.05, 4.69) is 4.98 Å². The lowest BCUT2D eigenvalue weighted by Crippen LogP contribution is -2.34. The van der Waals surface area contributed by atoms with Gasteiger partial charge in [0.05, 0.1) is 11.6 Å². The van der Waals surface area contributed by atoms with Crippen LogP contribution < -0.4 is 4.90 Å². The third-order valence-electron chi connectivity index (χ3n) is 4.19. The summed E-state index contributed by atoms with van der Waals surface area (Å²) in [5, 5.41) is 0. The summed E-state index contributed by atoms with van der Waals surface area (Å²) in [7, 11) is 1.65. The Hall–Kier alpha value is -2.83. The Labute approximate surface area is 143 Å². The van der Waals surface area contributed by atoms with Crippen molar-refractivity contribution in [2.24, 2.45) is 5.92 Å². The molecule has 0 saturated carbocycles. The van der Waals surface area contributed by atoms with Crippen LogP contribution in [0.25, 0.3) is 0 Å². The standard InChI is InChI=1S/C18H17F2N3O2/c1-22(10-12-3-2-6-21-9-12)18(25)13-7-17(24)23(11-13)16-5-4-14(19)8-15(16)20/h2-6,8-9,13H,7,10-11H2,1H3/t13-/m1/s1. The predicted molar refractivity (Wildman–Crippen MR) is 87.5 cm³/mol. The zero-order valence-corrected chi connectivity index (χ0v) is 13.7. The first-order chi connectivity index (χ1) is 12.0. The van der Waals surface area contributed by atoms with Crippen molar-refractivity contribution in [3.8, 4) is 0 Å². The van der Waals surface area contributed by atoms with Gasteiger partial charge in [-0.1, -0.05) is 6.07 Å². The highest BCUT2D eigenvalue weighted by atomic mass is 19.1. The molecule has 1 aromatic heterocycles. The lowest BCUT2D eigenvalue weighted by atomic mass is 10.1. The number of carbonyl (C=O) groups excluding carboxylic acids is 2. The Bertz CT molecular complexity index is 798. The second-order valence-electron chi connectivity index (χ2n) is 6.06. The van der Waals surface area contributed by atoms with Gasteiger partial charge in [0.1, 0.15) is 11.6 Å². The predicted octanol–water partition coefficient (Wildman–Crippen LogP) is 2.37. The Morgan fingerprint density at radius 1 is 1.36 bits per heavy atom. The molecule has 0 spiro atoms. The molecule has 7 heteroatoms. The molecular formula is C18H17F2N3O2. The maximum atomic E-state index is 13.9. The molecule has 0 N–H and O–H groups in total. The lowest BCUT2D eigenvalue weighted by Gasteiger charge is -2.21. The summed E-state index contributed by atoms with van der Waals surface area (Å²) in [5.41, 5.74) is 0.876. The smallest absolute Gasteiger partial charge is 0.228 e. The van der Waals surface area contributed by atoms with Crippen molar-refractivity contribution in [1.82, 2.24) is 9.88 Å². The van der Waals surface area contributed by atoms with Gasteiger partial charge < -0.3 is 9.80 Å². The molecule has 1 aromatic carbocycles. The number of amides is 2. The van der Waals surface area contributed by atoms with E-state index >= 15 is 0 Å². The topological polar surface area (TPSA) is 53.5 Å². The average Bonchev–Trinajstić information content (AvgIpc) is 2.96. The van der Waals surface area contributed by atoms with Gasteiger partial charge in [0, 0.05) is 45.0 Å². The van der Waals surface area contributed by atoms with Crippen molar-refractivity contribution >= 4 is 17.5 Å². The Kier molecular flexibility index (Phi) is 4.74. The summed E-state index contributed by atoms with van der Waals surface area (Å²) in [6, 6.07) is 6.68. The maximum Gasteiger partial charge on any atom is 0.228 e. The monoisotopic (exact) mass is 345 g/mol. The minimum absolute atomic E-state index is 0.00314. The summed E-state index contributed by atoms with van der Waals surface area (Å²) in [6.07, 6.45) is 3.33. The fourth-order valence-electron chi connectivity index (χ4n) is 2.96. The first-order valence-electron chi connectivity index (χ1n) is 7.85. The quantitative estimate of drug-likeness (QED) is 0.855. The Balaban J connectivity index is 1.70. The molecule has 0 bridgehead atoms. The molecule has 2 heterocycles. The molecule has 0 aliphatic carbocycles. The van der Waals surface area contributed by atoms with Crippen LogP contribution in [-0.2, 0) is 16.1 Å². The Morgan fingerprint density at radius 2 is 2.16 bits per heavy atom. The van der Waals surface area contributed by atoms with Crippen LogP contribution in [0.1, 0.15) is 12.0 Å². The highest BCUT2D eigenvalue weighted by Gasteiger charge is 2.37. The zero-order valence-electron chi connectivity index (χ0n) is 13.7. The minimum Gasteiger partial charge on any atom is -0.341 e.